The molecule has 0 bridgehead atoms. The van der Waals surface area contributed by atoms with Crippen LogP contribution in [0.5, 0.6) is 0 Å². The zero-order chi connectivity index (χ0) is 18.5. The third-order valence-corrected chi connectivity index (χ3v) is 5.59. The normalized spacial score (nSPS) is 25.0. The summed E-state index contributed by atoms with van der Waals surface area (Å²) in [6, 6.07) is 4.50. The smallest absolute Gasteiger partial charge is 0.262 e. The maximum atomic E-state index is 13.6. The first kappa shape index (κ1) is 17.7. The number of carbonyl (C=O) groups excluding carboxylic acids is 2. The van der Waals surface area contributed by atoms with Gasteiger partial charge in [0.1, 0.15) is 0 Å². The van der Waals surface area contributed by atoms with Gasteiger partial charge in [0, 0.05) is 43.7 Å². The lowest BCUT2D eigenvalue weighted by atomic mass is 10.1. The first-order valence-corrected chi connectivity index (χ1v) is 9.22. The molecule has 0 aromatic heterocycles. The minimum absolute atomic E-state index is 0.0292. The summed E-state index contributed by atoms with van der Waals surface area (Å²) in [5, 5.41) is 3.04. The molecule has 5 nitrogen and oxygen atoms in total. The molecule has 0 unspecified atom stereocenters. The fraction of sp³-hybridized carbons (Fsp3) is 0.556. The Bertz CT molecular complexity index is 754. The van der Waals surface area contributed by atoms with Gasteiger partial charge < -0.3 is 10.2 Å². The number of alkyl halides is 2. The molecule has 0 radical (unpaired) electrons. The molecule has 1 aliphatic carbocycles. The van der Waals surface area contributed by atoms with Crippen LogP contribution in [0.25, 0.3) is 0 Å². The molecule has 1 saturated carbocycles. The van der Waals surface area contributed by atoms with E-state index in [1.54, 1.807) is 28.0 Å². The average molecular weight is 384 g/mol. The van der Waals surface area contributed by atoms with Gasteiger partial charge in [-0.25, -0.2) is 8.78 Å². The highest BCUT2D eigenvalue weighted by atomic mass is 35.5. The van der Waals surface area contributed by atoms with Crippen molar-refractivity contribution in [3.8, 4) is 0 Å². The minimum atomic E-state index is -2.68. The zero-order valence-corrected chi connectivity index (χ0v) is 14.9. The van der Waals surface area contributed by atoms with Crippen LogP contribution in [-0.4, -0.2) is 59.8 Å². The molecule has 3 fully saturated rings. The third kappa shape index (κ3) is 3.55. The molecule has 1 atom stereocenters. The number of rotatable bonds is 3. The molecule has 2 heterocycles. The van der Waals surface area contributed by atoms with E-state index in [0.29, 0.717) is 24.3 Å². The van der Waals surface area contributed by atoms with E-state index in [4.69, 9.17) is 11.6 Å². The maximum absolute atomic E-state index is 13.6. The molecule has 1 N–H and O–H groups in total. The van der Waals surface area contributed by atoms with Crippen LogP contribution in [-0.2, 0) is 4.79 Å². The summed E-state index contributed by atoms with van der Waals surface area (Å²) in [6.07, 6.45) is 1.60. The standard InChI is InChI=1S/C18H20ClF2N3O2/c19-15-7-12(22-16(25)11-1-2-11)3-4-14(15)17(26)23-5-6-24-10-18(20,21)8-13(24)9-23/h3-4,7,11,13H,1-2,5-6,8-10H2,(H,22,25)/t13-/m0/s1. The number of piperazine rings is 1. The molecule has 2 saturated heterocycles. The van der Waals surface area contributed by atoms with E-state index in [0.717, 1.165) is 12.8 Å². The maximum Gasteiger partial charge on any atom is 0.262 e. The second kappa shape index (κ2) is 6.46. The Kier molecular flexibility index (Phi) is 4.39. The fourth-order valence-corrected chi connectivity index (χ4v) is 3.97. The predicted molar refractivity (Wildman–Crippen MR) is 93.6 cm³/mol. The topological polar surface area (TPSA) is 52.7 Å². The number of fused-ring (bicyclic) bond motifs is 1. The second-order valence-corrected chi connectivity index (χ2v) is 7.80. The molecule has 2 aliphatic heterocycles. The summed E-state index contributed by atoms with van der Waals surface area (Å²) < 4.78 is 27.1. The van der Waals surface area contributed by atoms with Gasteiger partial charge in [-0.3, -0.25) is 14.5 Å². The van der Waals surface area contributed by atoms with E-state index < -0.39 is 5.92 Å². The quantitative estimate of drug-likeness (QED) is 0.873. The lowest BCUT2D eigenvalue weighted by Gasteiger charge is -2.37. The van der Waals surface area contributed by atoms with Crippen molar-refractivity contribution in [2.75, 3.05) is 31.5 Å². The Morgan fingerprint density at radius 3 is 2.69 bits per heavy atom. The Hall–Kier alpha value is -1.73. The van der Waals surface area contributed by atoms with E-state index in [1.807, 2.05) is 0 Å². The number of hydrogen-bond acceptors (Lipinski definition) is 3. The van der Waals surface area contributed by atoms with Crippen molar-refractivity contribution in [1.82, 2.24) is 9.80 Å². The number of hydrogen-bond donors (Lipinski definition) is 1. The minimum Gasteiger partial charge on any atom is -0.336 e. The first-order chi connectivity index (χ1) is 12.3. The Balaban J connectivity index is 1.43. The van der Waals surface area contributed by atoms with Gasteiger partial charge in [0.05, 0.1) is 17.1 Å². The Morgan fingerprint density at radius 1 is 1.23 bits per heavy atom. The molecule has 1 aromatic carbocycles. The van der Waals surface area contributed by atoms with Gasteiger partial charge in [0.2, 0.25) is 5.91 Å². The largest absolute Gasteiger partial charge is 0.336 e. The SMILES string of the molecule is O=C(Nc1ccc(C(=O)N2CCN3CC(F)(F)C[C@H]3C2)c(Cl)c1)C1CC1. The molecular formula is C18H20ClF2N3O2. The van der Waals surface area contributed by atoms with Crippen molar-refractivity contribution in [3.05, 3.63) is 28.8 Å². The van der Waals surface area contributed by atoms with E-state index in [9.17, 15) is 18.4 Å². The summed E-state index contributed by atoms with van der Waals surface area (Å²) in [7, 11) is 0. The predicted octanol–water partition coefficient (Wildman–Crippen LogP) is 2.85. The Labute approximate surface area is 155 Å². The number of anilines is 1. The van der Waals surface area contributed by atoms with Crippen LogP contribution in [0.2, 0.25) is 5.02 Å². The van der Waals surface area contributed by atoms with Crippen LogP contribution < -0.4 is 5.32 Å². The summed E-state index contributed by atoms with van der Waals surface area (Å²) in [5.74, 6) is -2.89. The van der Waals surface area contributed by atoms with Gasteiger partial charge in [-0.2, -0.15) is 0 Å². The molecule has 3 aliphatic rings. The van der Waals surface area contributed by atoms with Crippen LogP contribution in [0, 0.1) is 5.92 Å². The van der Waals surface area contributed by atoms with Crippen molar-refractivity contribution in [1.29, 1.82) is 0 Å². The fourth-order valence-electron chi connectivity index (χ4n) is 3.71. The van der Waals surface area contributed by atoms with E-state index >= 15 is 0 Å². The lowest BCUT2D eigenvalue weighted by Crippen LogP contribution is -2.52. The van der Waals surface area contributed by atoms with Gasteiger partial charge in [-0.15, -0.1) is 0 Å². The van der Waals surface area contributed by atoms with E-state index in [1.165, 1.54) is 0 Å². The van der Waals surface area contributed by atoms with Gasteiger partial charge >= 0.3 is 0 Å². The number of nitrogens with one attached hydrogen (secondary N) is 1. The summed E-state index contributed by atoms with van der Waals surface area (Å²) in [6.45, 7) is 0.905. The van der Waals surface area contributed by atoms with Crippen LogP contribution in [0.4, 0.5) is 14.5 Å². The highest BCUT2D eigenvalue weighted by molar-refractivity contribution is 6.34. The number of benzene rings is 1. The van der Waals surface area contributed by atoms with E-state index in [-0.39, 0.29) is 48.3 Å². The average Bonchev–Trinajstić information content (AvgIpc) is 3.36. The highest BCUT2D eigenvalue weighted by Gasteiger charge is 2.47. The van der Waals surface area contributed by atoms with Crippen molar-refractivity contribution >= 4 is 29.1 Å². The molecule has 2 amide bonds. The molecule has 1 aromatic rings. The molecule has 8 heteroatoms. The van der Waals surface area contributed by atoms with E-state index in [2.05, 4.69) is 5.32 Å². The number of halogens is 3. The number of amides is 2. The van der Waals surface area contributed by atoms with Crippen LogP contribution in [0.15, 0.2) is 18.2 Å². The van der Waals surface area contributed by atoms with Gasteiger partial charge in [0.25, 0.3) is 11.8 Å². The molecule has 4 rings (SSSR count). The van der Waals surface area contributed by atoms with Crippen LogP contribution >= 0.6 is 11.6 Å². The number of carbonyl (C=O) groups is 2. The second-order valence-electron chi connectivity index (χ2n) is 7.39. The zero-order valence-electron chi connectivity index (χ0n) is 14.2. The summed E-state index contributed by atoms with van der Waals surface area (Å²) >= 11 is 6.25. The van der Waals surface area contributed by atoms with Crippen molar-refractivity contribution in [2.45, 2.75) is 31.2 Å². The van der Waals surface area contributed by atoms with Crippen LogP contribution in [0.1, 0.15) is 29.6 Å². The molecule has 26 heavy (non-hydrogen) atoms. The highest BCUT2D eigenvalue weighted by Crippen LogP contribution is 2.35. The molecule has 140 valence electrons. The van der Waals surface area contributed by atoms with Crippen molar-refractivity contribution in [2.24, 2.45) is 5.92 Å². The molecule has 0 spiro atoms. The first-order valence-electron chi connectivity index (χ1n) is 8.84. The number of nitrogens with zero attached hydrogens (tertiary/aromatic N) is 2. The van der Waals surface area contributed by atoms with Crippen molar-refractivity contribution in [3.63, 3.8) is 0 Å². The third-order valence-electron chi connectivity index (χ3n) is 5.28. The van der Waals surface area contributed by atoms with Gasteiger partial charge in [-0.05, 0) is 31.0 Å². The van der Waals surface area contributed by atoms with Gasteiger partial charge in [0.15, 0.2) is 0 Å². The van der Waals surface area contributed by atoms with Gasteiger partial charge in [-0.1, -0.05) is 11.6 Å². The summed E-state index contributed by atoms with van der Waals surface area (Å²) in [4.78, 5) is 27.9. The Morgan fingerprint density at radius 2 is 2.00 bits per heavy atom. The monoisotopic (exact) mass is 383 g/mol. The lowest BCUT2D eigenvalue weighted by molar-refractivity contribution is -0.117. The van der Waals surface area contributed by atoms with Crippen molar-refractivity contribution < 1.29 is 18.4 Å². The summed E-state index contributed by atoms with van der Waals surface area (Å²) in [5.41, 5.74) is 0.887. The molecular weight excluding hydrogens is 364 g/mol. The van der Waals surface area contributed by atoms with Crippen LogP contribution in [0.3, 0.4) is 0 Å².